The summed E-state index contributed by atoms with van der Waals surface area (Å²) in [7, 11) is 0. The molecule has 6 nitrogen and oxygen atoms in total. The number of carbonyl (C=O) groups excluding carboxylic acids is 2. The molecule has 2 amide bonds. The van der Waals surface area contributed by atoms with E-state index in [-0.39, 0.29) is 12.5 Å². The number of carbonyl (C=O) groups is 2. The highest BCUT2D eigenvalue weighted by molar-refractivity contribution is 9.10. The molecule has 108 valence electrons. The summed E-state index contributed by atoms with van der Waals surface area (Å²) in [6, 6.07) is 3.38. The molecule has 0 fully saturated rings. The zero-order valence-corrected chi connectivity index (χ0v) is 13.0. The van der Waals surface area contributed by atoms with Gasteiger partial charge in [-0.05, 0) is 32.9 Å². The zero-order chi connectivity index (χ0) is 14.9. The van der Waals surface area contributed by atoms with Crippen LogP contribution >= 0.6 is 15.9 Å². The van der Waals surface area contributed by atoms with Gasteiger partial charge in [-0.1, -0.05) is 15.9 Å². The second-order valence-electron chi connectivity index (χ2n) is 5.29. The van der Waals surface area contributed by atoms with Gasteiger partial charge in [0.2, 0.25) is 0 Å². The largest absolute Gasteiger partial charge is 0.481 e. The number of fused-ring (bicyclic) bond motifs is 1. The van der Waals surface area contributed by atoms with E-state index in [9.17, 15) is 9.59 Å². The Kier molecular flexibility index (Phi) is 3.89. The van der Waals surface area contributed by atoms with E-state index >= 15 is 0 Å². The first-order chi connectivity index (χ1) is 9.24. The third-order valence-electron chi connectivity index (χ3n) is 2.33. The van der Waals surface area contributed by atoms with E-state index < -0.39 is 11.7 Å². The van der Waals surface area contributed by atoms with Crippen molar-refractivity contribution in [3.05, 3.63) is 16.6 Å². The van der Waals surface area contributed by atoms with Gasteiger partial charge in [0.1, 0.15) is 17.0 Å². The van der Waals surface area contributed by atoms with Crippen LogP contribution in [0.5, 0.6) is 5.75 Å². The predicted molar refractivity (Wildman–Crippen MR) is 78.1 cm³/mol. The standard InChI is InChI=1S/C13H15BrN2O4/c1-13(2,3)20-12(18)15-8-4-7(14)5-9-11(8)16-10(17)6-19-9/h4-5H,6H2,1-3H3,(H,15,18)(H,16,17). The van der Waals surface area contributed by atoms with Gasteiger partial charge >= 0.3 is 6.09 Å². The van der Waals surface area contributed by atoms with Crippen LogP contribution in [0.4, 0.5) is 16.2 Å². The monoisotopic (exact) mass is 342 g/mol. The molecule has 7 heteroatoms. The fraction of sp³-hybridized carbons (Fsp3) is 0.385. The summed E-state index contributed by atoms with van der Waals surface area (Å²) in [5.41, 5.74) is 0.239. The van der Waals surface area contributed by atoms with Crippen molar-refractivity contribution in [2.45, 2.75) is 26.4 Å². The van der Waals surface area contributed by atoms with E-state index in [1.165, 1.54) is 0 Å². The quantitative estimate of drug-likeness (QED) is 0.821. The van der Waals surface area contributed by atoms with Gasteiger partial charge in [-0.25, -0.2) is 4.79 Å². The second kappa shape index (κ2) is 5.32. The molecular weight excluding hydrogens is 328 g/mol. The Morgan fingerprint density at radius 1 is 1.45 bits per heavy atom. The molecule has 20 heavy (non-hydrogen) atoms. The number of halogens is 1. The molecule has 0 saturated heterocycles. The minimum absolute atomic E-state index is 0.0463. The van der Waals surface area contributed by atoms with Crippen molar-refractivity contribution in [3.63, 3.8) is 0 Å². The highest BCUT2D eigenvalue weighted by atomic mass is 79.9. The Labute approximate surface area is 124 Å². The van der Waals surface area contributed by atoms with Gasteiger partial charge in [0.05, 0.1) is 5.69 Å². The van der Waals surface area contributed by atoms with Crippen LogP contribution in [0.2, 0.25) is 0 Å². The van der Waals surface area contributed by atoms with Gasteiger partial charge in [0.25, 0.3) is 5.91 Å². The third-order valence-corrected chi connectivity index (χ3v) is 2.78. The SMILES string of the molecule is CC(C)(C)OC(=O)Nc1cc(Br)cc2c1NC(=O)CO2. The van der Waals surface area contributed by atoms with Gasteiger partial charge in [0.15, 0.2) is 6.61 Å². The second-order valence-corrected chi connectivity index (χ2v) is 6.21. The van der Waals surface area contributed by atoms with E-state index in [4.69, 9.17) is 9.47 Å². The number of benzene rings is 1. The van der Waals surface area contributed by atoms with E-state index in [2.05, 4.69) is 26.6 Å². The lowest BCUT2D eigenvalue weighted by molar-refractivity contribution is -0.118. The first-order valence-corrected chi connectivity index (χ1v) is 6.80. The predicted octanol–water partition coefficient (Wildman–Crippen LogP) is 3.13. The number of anilines is 2. The molecule has 0 unspecified atom stereocenters. The average Bonchev–Trinajstić information content (AvgIpc) is 2.27. The van der Waals surface area contributed by atoms with Crippen molar-refractivity contribution in [1.82, 2.24) is 0 Å². The maximum atomic E-state index is 11.8. The van der Waals surface area contributed by atoms with E-state index in [0.29, 0.717) is 17.1 Å². The van der Waals surface area contributed by atoms with Crippen molar-refractivity contribution in [1.29, 1.82) is 0 Å². The van der Waals surface area contributed by atoms with Gasteiger partial charge in [-0.2, -0.15) is 0 Å². The van der Waals surface area contributed by atoms with Crippen LogP contribution in [0.15, 0.2) is 16.6 Å². The Morgan fingerprint density at radius 2 is 2.15 bits per heavy atom. The molecule has 2 N–H and O–H groups in total. The van der Waals surface area contributed by atoms with E-state index in [1.807, 2.05) is 0 Å². The number of rotatable bonds is 1. The van der Waals surface area contributed by atoms with Gasteiger partial charge in [0, 0.05) is 4.47 Å². The molecule has 0 spiro atoms. The lowest BCUT2D eigenvalue weighted by Crippen LogP contribution is -2.29. The molecule has 1 aliphatic heterocycles. The molecule has 0 atom stereocenters. The van der Waals surface area contributed by atoms with Crippen LogP contribution in [0.1, 0.15) is 20.8 Å². The van der Waals surface area contributed by atoms with Crippen LogP contribution in [0, 0.1) is 0 Å². The molecule has 0 aliphatic carbocycles. The first kappa shape index (κ1) is 14.6. The van der Waals surface area contributed by atoms with Crippen molar-refractivity contribution < 1.29 is 19.1 Å². The molecule has 1 aromatic carbocycles. The molecule has 0 aromatic heterocycles. The average molecular weight is 343 g/mol. The fourth-order valence-electron chi connectivity index (χ4n) is 1.66. The first-order valence-electron chi connectivity index (χ1n) is 6.01. The lowest BCUT2D eigenvalue weighted by Gasteiger charge is -2.23. The van der Waals surface area contributed by atoms with Crippen molar-refractivity contribution in [2.24, 2.45) is 0 Å². The van der Waals surface area contributed by atoms with Crippen LogP contribution < -0.4 is 15.4 Å². The number of amides is 2. The van der Waals surface area contributed by atoms with Crippen LogP contribution in [-0.4, -0.2) is 24.2 Å². The Hall–Kier alpha value is -1.76. The summed E-state index contributed by atoms with van der Waals surface area (Å²) in [5, 5.41) is 5.27. The van der Waals surface area contributed by atoms with Crippen molar-refractivity contribution in [2.75, 3.05) is 17.2 Å². The Bertz CT molecular complexity index is 566. The van der Waals surface area contributed by atoms with Gasteiger partial charge in [-0.3, -0.25) is 10.1 Å². The third kappa shape index (κ3) is 3.63. The molecule has 1 heterocycles. The normalized spacial score (nSPS) is 13.9. The van der Waals surface area contributed by atoms with Crippen LogP contribution in [-0.2, 0) is 9.53 Å². The summed E-state index contributed by atoms with van der Waals surface area (Å²) in [5.74, 6) is 0.220. The lowest BCUT2D eigenvalue weighted by atomic mass is 10.2. The minimum atomic E-state index is -0.601. The summed E-state index contributed by atoms with van der Waals surface area (Å²) < 4.78 is 11.2. The highest BCUT2D eigenvalue weighted by Gasteiger charge is 2.23. The van der Waals surface area contributed by atoms with Gasteiger partial charge in [-0.15, -0.1) is 0 Å². The van der Waals surface area contributed by atoms with E-state index in [0.717, 1.165) is 4.47 Å². The highest BCUT2D eigenvalue weighted by Crippen LogP contribution is 2.38. The van der Waals surface area contributed by atoms with Crippen molar-refractivity contribution >= 4 is 39.3 Å². The number of hydrogen-bond donors (Lipinski definition) is 2. The Morgan fingerprint density at radius 3 is 2.80 bits per heavy atom. The number of hydrogen-bond acceptors (Lipinski definition) is 4. The fourth-order valence-corrected chi connectivity index (χ4v) is 2.09. The topological polar surface area (TPSA) is 76.7 Å². The molecule has 2 rings (SSSR count). The maximum absolute atomic E-state index is 11.8. The summed E-state index contributed by atoms with van der Waals surface area (Å²) in [4.78, 5) is 23.2. The molecule has 1 aromatic rings. The zero-order valence-electron chi connectivity index (χ0n) is 11.4. The summed E-state index contributed by atoms with van der Waals surface area (Å²) >= 11 is 3.32. The number of nitrogens with one attached hydrogen (secondary N) is 2. The van der Waals surface area contributed by atoms with Crippen LogP contribution in [0.25, 0.3) is 0 Å². The molecule has 0 bridgehead atoms. The summed E-state index contributed by atoms with van der Waals surface area (Å²) in [6.07, 6.45) is -0.599. The Balaban J connectivity index is 2.25. The molecular formula is C13H15BrN2O4. The van der Waals surface area contributed by atoms with Crippen molar-refractivity contribution in [3.8, 4) is 5.75 Å². The maximum Gasteiger partial charge on any atom is 0.412 e. The minimum Gasteiger partial charge on any atom is -0.481 e. The van der Waals surface area contributed by atoms with E-state index in [1.54, 1.807) is 32.9 Å². The number of ether oxygens (including phenoxy) is 2. The summed E-state index contributed by atoms with van der Waals surface area (Å²) in [6.45, 7) is 5.27. The molecule has 1 aliphatic rings. The molecule has 0 saturated carbocycles. The van der Waals surface area contributed by atoms with Gasteiger partial charge < -0.3 is 14.8 Å². The molecule has 0 radical (unpaired) electrons. The smallest absolute Gasteiger partial charge is 0.412 e. The van der Waals surface area contributed by atoms with Crippen LogP contribution in [0.3, 0.4) is 0 Å².